The van der Waals surface area contributed by atoms with Gasteiger partial charge in [0.15, 0.2) is 5.76 Å². The Labute approximate surface area is 110 Å². The van der Waals surface area contributed by atoms with Crippen molar-refractivity contribution in [1.29, 1.82) is 0 Å². The molecule has 1 N–H and O–H groups in total. The molecule has 0 bridgehead atoms. The van der Waals surface area contributed by atoms with Crippen molar-refractivity contribution in [1.82, 2.24) is 0 Å². The lowest BCUT2D eigenvalue weighted by atomic mass is 10.1. The van der Waals surface area contributed by atoms with Gasteiger partial charge in [-0.05, 0) is 25.1 Å². The highest BCUT2D eigenvalue weighted by Gasteiger charge is 2.48. The van der Waals surface area contributed by atoms with Crippen molar-refractivity contribution in [2.45, 2.75) is 19.1 Å². The van der Waals surface area contributed by atoms with Gasteiger partial charge in [-0.1, -0.05) is 11.6 Å². The Morgan fingerprint density at radius 1 is 1.53 bits per heavy atom. The van der Waals surface area contributed by atoms with Crippen LogP contribution in [-0.2, 0) is 4.74 Å². The molecule has 2 rings (SSSR count). The van der Waals surface area contributed by atoms with Crippen LogP contribution in [0, 0.1) is 6.85 Å². The molecule has 4 nitrogen and oxygen atoms in total. The summed E-state index contributed by atoms with van der Waals surface area (Å²) in [7, 11) is 0. The second kappa shape index (κ2) is 4.49. The lowest BCUT2D eigenvalue weighted by molar-refractivity contribution is -0.191. The average molecular weight is 277 g/mol. The van der Waals surface area contributed by atoms with Gasteiger partial charge >= 0.3 is 12.3 Å². The van der Waals surface area contributed by atoms with Gasteiger partial charge in [0.25, 0.3) is 6.10 Å². The van der Waals surface area contributed by atoms with Crippen molar-refractivity contribution in [2.24, 2.45) is 0 Å². The fourth-order valence-corrected chi connectivity index (χ4v) is 1.59. The van der Waals surface area contributed by atoms with Crippen molar-refractivity contribution in [3.05, 3.63) is 35.1 Å². The minimum atomic E-state index is -4.89. The monoisotopic (exact) mass is 277 g/mol. The van der Waals surface area contributed by atoms with E-state index < -0.39 is 31.0 Å². The number of hydrogen-bond acceptors (Lipinski definition) is 3. The van der Waals surface area contributed by atoms with E-state index in [2.05, 4.69) is 4.74 Å². The molecule has 7 heteroatoms. The minimum absolute atomic E-state index is 0.00891. The van der Waals surface area contributed by atoms with Crippen molar-refractivity contribution >= 4 is 12.2 Å². The number of fused-ring (bicyclic) bond motifs is 1. The molecular weight excluding hydrogens is 265 g/mol. The van der Waals surface area contributed by atoms with Crippen molar-refractivity contribution in [3.63, 3.8) is 0 Å². The Balaban J connectivity index is 2.49. The van der Waals surface area contributed by atoms with Gasteiger partial charge in [-0.15, -0.1) is 0 Å². The highest BCUT2D eigenvalue weighted by Crippen LogP contribution is 2.37. The molecular formula is C12H9F3O4. The Kier molecular flexibility index (Phi) is 2.29. The number of ether oxygens (including phenoxy) is 2. The second-order valence-electron chi connectivity index (χ2n) is 3.71. The molecule has 102 valence electrons. The third-order valence-corrected chi connectivity index (χ3v) is 2.31. The molecule has 1 heterocycles. The summed E-state index contributed by atoms with van der Waals surface area (Å²) in [5.41, 5.74) is -0.128. The van der Waals surface area contributed by atoms with E-state index in [0.29, 0.717) is 0 Å². The first-order valence-electron chi connectivity index (χ1n) is 6.49. The van der Waals surface area contributed by atoms with Gasteiger partial charge in [-0.2, -0.15) is 13.2 Å². The highest BCUT2D eigenvalue weighted by atomic mass is 19.4. The zero-order valence-corrected chi connectivity index (χ0v) is 9.19. The molecule has 1 aliphatic rings. The fourth-order valence-electron chi connectivity index (χ4n) is 1.59. The number of rotatable bonds is 1. The number of aryl methyl sites for hydroxylation is 1. The molecule has 1 aliphatic heterocycles. The van der Waals surface area contributed by atoms with Crippen LogP contribution in [0.2, 0.25) is 0 Å². The molecule has 0 radical (unpaired) electrons. The zero-order valence-electron chi connectivity index (χ0n) is 12.2. The molecule has 0 aromatic heterocycles. The first kappa shape index (κ1) is 9.71. The topological polar surface area (TPSA) is 55.8 Å². The van der Waals surface area contributed by atoms with E-state index in [1.54, 1.807) is 0 Å². The number of halogens is 3. The fraction of sp³-hybridized carbons (Fsp3) is 0.250. The van der Waals surface area contributed by atoms with E-state index in [1.165, 1.54) is 0 Å². The second-order valence-corrected chi connectivity index (χ2v) is 3.71. The van der Waals surface area contributed by atoms with E-state index in [0.717, 1.165) is 24.3 Å². The van der Waals surface area contributed by atoms with E-state index in [4.69, 9.17) is 14.0 Å². The molecule has 1 unspecified atom stereocenters. The van der Waals surface area contributed by atoms with Gasteiger partial charge in [-0.3, -0.25) is 0 Å². The van der Waals surface area contributed by atoms with Crippen LogP contribution in [-0.4, -0.2) is 23.5 Å². The molecule has 0 aliphatic carbocycles. The van der Waals surface area contributed by atoms with Crippen LogP contribution in [0.1, 0.15) is 15.2 Å². The maximum absolute atomic E-state index is 12.9. The number of benzene rings is 1. The smallest absolute Gasteiger partial charge is 0.472 e. The van der Waals surface area contributed by atoms with Crippen molar-refractivity contribution in [2.75, 3.05) is 0 Å². The first-order valence-corrected chi connectivity index (χ1v) is 4.99. The summed E-state index contributed by atoms with van der Waals surface area (Å²) in [6, 6.07) is 3.31. The van der Waals surface area contributed by atoms with E-state index in [1.807, 2.05) is 0 Å². The summed E-state index contributed by atoms with van der Waals surface area (Å²) < 4.78 is 69.2. The maximum Gasteiger partial charge on any atom is 0.511 e. The first-order chi connectivity index (χ1) is 9.98. The minimum Gasteiger partial charge on any atom is -0.472 e. The molecule has 1 atom stereocenters. The van der Waals surface area contributed by atoms with Crippen LogP contribution < -0.4 is 4.74 Å². The summed E-state index contributed by atoms with van der Waals surface area (Å²) in [4.78, 5) is 10.5. The molecule has 0 amide bonds. The molecule has 0 spiro atoms. The Bertz CT molecular complexity index is 637. The van der Waals surface area contributed by atoms with Crippen LogP contribution in [0.5, 0.6) is 5.75 Å². The number of carbonyl (C=O) groups is 1. The Morgan fingerprint density at radius 3 is 2.84 bits per heavy atom. The quantitative estimate of drug-likeness (QED) is 0.800. The van der Waals surface area contributed by atoms with Crippen molar-refractivity contribution < 1.29 is 36.7 Å². The highest BCUT2D eigenvalue weighted by molar-refractivity contribution is 5.67. The summed E-state index contributed by atoms with van der Waals surface area (Å²) in [6.45, 7) is -2.46. The summed E-state index contributed by atoms with van der Waals surface area (Å²) in [5.74, 6) is -1.19. The van der Waals surface area contributed by atoms with Crippen LogP contribution in [0.15, 0.2) is 24.0 Å². The Hall–Kier alpha value is -2.18. The number of hydrogen-bond donors (Lipinski definition) is 1. The largest absolute Gasteiger partial charge is 0.511 e. The predicted octanol–water partition coefficient (Wildman–Crippen LogP) is 3.35. The number of alkyl halides is 3. The van der Waals surface area contributed by atoms with E-state index >= 15 is 0 Å². The standard InChI is InChI=1S/C12H9F3O4/c1-6-2-3-8-7(4-6)5-9(19-11(16)17)10(18-8)12(13,14)15/h2-5,10H,1H3,(H,16,17)/i1D3. The zero-order chi connectivity index (χ0) is 16.7. The molecule has 19 heavy (non-hydrogen) atoms. The Morgan fingerprint density at radius 2 is 2.26 bits per heavy atom. The predicted molar refractivity (Wildman–Crippen MR) is 58.7 cm³/mol. The van der Waals surface area contributed by atoms with E-state index in [9.17, 15) is 18.0 Å². The van der Waals surface area contributed by atoms with Gasteiger partial charge in [-0.25, -0.2) is 4.79 Å². The van der Waals surface area contributed by atoms with Gasteiger partial charge < -0.3 is 14.6 Å². The number of carboxylic acid groups (broad SMARTS) is 1. The van der Waals surface area contributed by atoms with Crippen LogP contribution in [0.4, 0.5) is 18.0 Å². The SMILES string of the molecule is [2H]C([2H])([2H])c1ccc2c(c1)C=C(OC(=O)O)C(C(F)(F)F)O2. The molecule has 0 saturated carbocycles. The van der Waals surface area contributed by atoms with Gasteiger partial charge in [0.1, 0.15) is 5.75 Å². The third kappa shape index (κ3) is 2.81. The summed E-state index contributed by atoms with van der Waals surface area (Å²) in [6.07, 6.45) is -8.59. The van der Waals surface area contributed by atoms with Crippen LogP contribution >= 0.6 is 0 Å². The van der Waals surface area contributed by atoms with Gasteiger partial charge in [0.05, 0.1) is 0 Å². The van der Waals surface area contributed by atoms with Crippen LogP contribution in [0.3, 0.4) is 0 Å². The van der Waals surface area contributed by atoms with Crippen molar-refractivity contribution in [3.8, 4) is 5.75 Å². The lowest BCUT2D eigenvalue weighted by Gasteiger charge is -2.27. The third-order valence-electron chi connectivity index (χ3n) is 2.31. The molecule has 0 saturated heterocycles. The molecule has 0 fully saturated rings. The van der Waals surface area contributed by atoms with Gasteiger partial charge in [0.2, 0.25) is 0 Å². The maximum atomic E-state index is 12.9. The average Bonchev–Trinajstić information content (AvgIpc) is 2.34. The summed E-state index contributed by atoms with van der Waals surface area (Å²) in [5, 5.41) is 8.51. The molecule has 1 aromatic rings. The normalized spacial score (nSPS) is 21.1. The lowest BCUT2D eigenvalue weighted by Crippen LogP contribution is -2.39. The molecule has 1 aromatic carbocycles. The van der Waals surface area contributed by atoms with E-state index in [-0.39, 0.29) is 16.9 Å². The summed E-state index contributed by atoms with van der Waals surface area (Å²) >= 11 is 0. The van der Waals surface area contributed by atoms with Gasteiger partial charge in [0, 0.05) is 9.68 Å². The van der Waals surface area contributed by atoms with Crippen LogP contribution in [0.25, 0.3) is 6.08 Å².